The van der Waals surface area contributed by atoms with Crippen molar-refractivity contribution in [1.82, 2.24) is 9.97 Å². The second kappa shape index (κ2) is 3.48. The van der Waals surface area contributed by atoms with E-state index < -0.39 is 0 Å². The lowest BCUT2D eigenvalue weighted by Crippen LogP contribution is -1.88. The molecule has 17 heavy (non-hydrogen) atoms. The highest BCUT2D eigenvalue weighted by Gasteiger charge is 2.08. The molecule has 0 aliphatic carbocycles. The second-order valence-corrected chi connectivity index (χ2v) is 4.32. The van der Waals surface area contributed by atoms with Gasteiger partial charge >= 0.3 is 0 Å². The number of H-pyrrole nitrogens is 1. The van der Waals surface area contributed by atoms with E-state index in [4.69, 9.17) is 4.74 Å². The molecular formula is C14H14N2O. The Balaban J connectivity index is 2.50. The lowest BCUT2D eigenvalue weighted by atomic mass is 10.1. The van der Waals surface area contributed by atoms with Gasteiger partial charge < -0.3 is 9.72 Å². The standard InChI is InChI=1S/C14H14N2O/c1-8-6-11-9(2)16-13-5-4-10(17-3)7-12(13)14(11)15-8/h4-7,15H,1-3H3. The Morgan fingerprint density at radius 1 is 1.12 bits per heavy atom. The van der Waals surface area contributed by atoms with Crippen molar-refractivity contribution in [2.75, 3.05) is 7.11 Å². The van der Waals surface area contributed by atoms with E-state index in [2.05, 4.69) is 23.0 Å². The van der Waals surface area contributed by atoms with Crippen molar-refractivity contribution < 1.29 is 4.74 Å². The first-order valence-corrected chi connectivity index (χ1v) is 5.62. The van der Waals surface area contributed by atoms with Crippen molar-refractivity contribution in [2.24, 2.45) is 0 Å². The zero-order valence-corrected chi connectivity index (χ0v) is 10.2. The molecule has 1 aromatic carbocycles. The minimum atomic E-state index is 0.858. The van der Waals surface area contributed by atoms with Gasteiger partial charge in [-0.25, -0.2) is 0 Å². The van der Waals surface area contributed by atoms with Crippen molar-refractivity contribution >= 4 is 21.8 Å². The topological polar surface area (TPSA) is 37.9 Å². The van der Waals surface area contributed by atoms with Gasteiger partial charge in [-0.15, -0.1) is 0 Å². The summed E-state index contributed by atoms with van der Waals surface area (Å²) in [5, 5.41) is 2.29. The summed E-state index contributed by atoms with van der Waals surface area (Å²) in [6.45, 7) is 4.10. The van der Waals surface area contributed by atoms with E-state index >= 15 is 0 Å². The summed E-state index contributed by atoms with van der Waals surface area (Å²) in [6.07, 6.45) is 0. The molecule has 1 N–H and O–H groups in total. The van der Waals surface area contributed by atoms with Crippen molar-refractivity contribution in [3.63, 3.8) is 0 Å². The SMILES string of the molecule is COc1ccc2nc(C)c3cc(C)[nH]c3c2c1. The maximum atomic E-state index is 5.27. The largest absolute Gasteiger partial charge is 0.497 e. The van der Waals surface area contributed by atoms with Crippen LogP contribution in [0.4, 0.5) is 0 Å². The molecule has 0 amide bonds. The molecule has 3 nitrogen and oxygen atoms in total. The summed E-state index contributed by atoms with van der Waals surface area (Å²) in [5.74, 6) is 0.858. The smallest absolute Gasteiger partial charge is 0.119 e. The van der Waals surface area contributed by atoms with Crippen molar-refractivity contribution in [3.8, 4) is 5.75 Å². The number of fused-ring (bicyclic) bond motifs is 3. The average Bonchev–Trinajstić information content (AvgIpc) is 2.72. The fourth-order valence-corrected chi connectivity index (χ4v) is 2.27. The molecule has 0 fully saturated rings. The molecule has 0 saturated carbocycles. The summed E-state index contributed by atoms with van der Waals surface area (Å²) in [7, 11) is 1.68. The Bertz CT molecular complexity index is 713. The van der Waals surface area contributed by atoms with Crippen molar-refractivity contribution in [2.45, 2.75) is 13.8 Å². The molecule has 0 spiro atoms. The summed E-state index contributed by atoms with van der Waals surface area (Å²) in [5.41, 5.74) is 4.35. The number of pyridine rings is 1. The van der Waals surface area contributed by atoms with E-state index in [-0.39, 0.29) is 0 Å². The molecule has 0 aliphatic heterocycles. The van der Waals surface area contributed by atoms with Crippen molar-refractivity contribution in [1.29, 1.82) is 0 Å². The molecule has 0 bridgehead atoms. The van der Waals surface area contributed by atoms with Crippen LogP contribution < -0.4 is 4.74 Å². The van der Waals surface area contributed by atoms with Crippen LogP contribution in [0.2, 0.25) is 0 Å². The molecule has 0 radical (unpaired) electrons. The number of aromatic nitrogens is 2. The van der Waals surface area contributed by atoms with E-state index in [0.29, 0.717) is 0 Å². The Morgan fingerprint density at radius 3 is 2.71 bits per heavy atom. The maximum Gasteiger partial charge on any atom is 0.119 e. The van der Waals surface area contributed by atoms with Crippen LogP contribution in [0.25, 0.3) is 21.8 Å². The van der Waals surface area contributed by atoms with E-state index in [1.807, 2.05) is 25.1 Å². The molecule has 0 unspecified atom stereocenters. The average molecular weight is 226 g/mol. The van der Waals surface area contributed by atoms with Gasteiger partial charge in [0.25, 0.3) is 0 Å². The van der Waals surface area contributed by atoms with Crippen LogP contribution in [-0.4, -0.2) is 17.1 Å². The Kier molecular flexibility index (Phi) is 2.08. The number of hydrogen-bond donors (Lipinski definition) is 1. The molecule has 3 aromatic rings. The van der Waals surface area contributed by atoms with Gasteiger partial charge in [0.1, 0.15) is 5.75 Å². The van der Waals surface area contributed by atoms with Gasteiger partial charge in [-0.3, -0.25) is 4.98 Å². The van der Waals surface area contributed by atoms with E-state index in [9.17, 15) is 0 Å². The maximum absolute atomic E-state index is 5.27. The minimum absolute atomic E-state index is 0.858. The van der Waals surface area contributed by atoms with Gasteiger partial charge in [0, 0.05) is 22.2 Å². The molecule has 2 heterocycles. The third-order valence-electron chi connectivity index (χ3n) is 3.10. The highest BCUT2D eigenvalue weighted by atomic mass is 16.5. The van der Waals surface area contributed by atoms with E-state index in [1.54, 1.807) is 7.11 Å². The number of hydrogen-bond acceptors (Lipinski definition) is 2. The summed E-state index contributed by atoms with van der Waals surface area (Å²) in [6, 6.07) is 8.10. The van der Waals surface area contributed by atoms with E-state index in [1.165, 1.54) is 5.39 Å². The number of aryl methyl sites for hydroxylation is 2. The zero-order valence-electron chi connectivity index (χ0n) is 10.2. The highest BCUT2D eigenvalue weighted by molar-refractivity contribution is 6.05. The monoisotopic (exact) mass is 226 g/mol. The molecule has 0 aliphatic rings. The van der Waals surface area contributed by atoms with Gasteiger partial charge in [0.05, 0.1) is 18.1 Å². The van der Waals surface area contributed by atoms with Crippen LogP contribution in [0.15, 0.2) is 24.3 Å². The lowest BCUT2D eigenvalue weighted by molar-refractivity contribution is 0.415. The number of nitrogens with one attached hydrogen (secondary N) is 1. The zero-order chi connectivity index (χ0) is 12.0. The van der Waals surface area contributed by atoms with Gasteiger partial charge in [-0.2, -0.15) is 0 Å². The predicted molar refractivity (Wildman–Crippen MR) is 69.6 cm³/mol. The van der Waals surface area contributed by atoms with Gasteiger partial charge in [0.2, 0.25) is 0 Å². The van der Waals surface area contributed by atoms with Crippen LogP contribution >= 0.6 is 0 Å². The molecule has 2 aromatic heterocycles. The van der Waals surface area contributed by atoms with Crippen LogP contribution in [-0.2, 0) is 0 Å². The number of ether oxygens (including phenoxy) is 1. The third-order valence-corrected chi connectivity index (χ3v) is 3.10. The fourth-order valence-electron chi connectivity index (χ4n) is 2.27. The Morgan fingerprint density at radius 2 is 1.94 bits per heavy atom. The highest BCUT2D eigenvalue weighted by Crippen LogP contribution is 2.28. The first-order chi connectivity index (χ1) is 8.19. The van der Waals surface area contributed by atoms with Crippen LogP contribution in [0.1, 0.15) is 11.4 Å². The van der Waals surface area contributed by atoms with Gasteiger partial charge in [0.15, 0.2) is 0 Å². The normalized spacial score (nSPS) is 11.2. The summed E-state index contributed by atoms with van der Waals surface area (Å²) in [4.78, 5) is 8.02. The summed E-state index contributed by atoms with van der Waals surface area (Å²) < 4.78 is 5.27. The second-order valence-electron chi connectivity index (χ2n) is 4.32. The first-order valence-electron chi connectivity index (χ1n) is 5.62. The fraction of sp³-hybridized carbons (Fsp3) is 0.214. The number of rotatable bonds is 1. The molecule has 86 valence electrons. The van der Waals surface area contributed by atoms with E-state index in [0.717, 1.165) is 33.6 Å². The molecule has 3 rings (SSSR count). The van der Waals surface area contributed by atoms with Gasteiger partial charge in [-0.1, -0.05) is 0 Å². The Hall–Kier alpha value is -2.03. The quantitative estimate of drug-likeness (QED) is 0.691. The molecule has 3 heteroatoms. The van der Waals surface area contributed by atoms with Crippen molar-refractivity contribution in [3.05, 3.63) is 35.7 Å². The number of methoxy groups -OCH3 is 1. The number of nitrogens with zero attached hydrogens (tertiary/aromatic N) is 1. The molecular weight excluding hydrogens is 212 g/mol. The van der Waals surface area contributed by atoms with Crippen LogP contribution in [0.5, 0.6) is 5.75 Å². The number of benzene rings is 1. The first kappa shape index (κ1) is 10.1. The molecule has 0 saturated heterocycles. The van der Waals surface area contributed by atoms with Crippen LogP contribution in [0, 0.1) is 13.8 Å². The van der Waals surface area contributed by atoms with Crippen LogP contribution in [0.3, 0.4) is 0 Å². The predicted octanol–water partition coefficient (Wildman–Crippen LogP) is 3.34. The summed E-state index contributed by atoms with van der Waals surface area (Å²) >= 11 is 0. The third kappa shape index (κ3) is 1.46. The molecule has 0 atom stereocenters. The number of aromatic amines is 1. The minimum Gasteiger partial charge on any atom is -0.497 e. The Labute approximate surface area is 99.4 Å². The lowest BCUT2D eigenvalue weighted by Gasteiger charge is -2.05. The van der Waals surface area contributed by atoms with Gasteiger partial charge in [-0.05, 0) is 38.1 Å².